The van der Waals surface area contributed by atoms with Gasteiger partial charge in [-0.15, -0.1) is 0 Å². The van der Waals surface area contributed by atoms with Gasteiger partial charge in [-0.2, -0.15) is 0 Å². The molecule has 0 saturated carbocycles. The minimum absolute atomic E-state index is 0.0278. The van der Waals surface area contributed by atoms with E-state index >= 15 is 0 Å². The van der Waals surface area contributed by atoms with Crippen molar-refractivity contribution in [2.75, 3.05) is 54.1 Å². The van der Waals surface area contributed by atoms with E-state index in [1.54, 1.807) is 0 Å². The summed E-state index contributed by atoms with van der Waals surface area (Å²) in [4.78, 5) is 25.3. The Kier molecular flexibility index (Phi) is 50.6. The van der Waals surface area contributed by atoms with E-state index in [0.29, 0.717) is 24.1 Å². The van der Waals surface area contributed by atoms with Crippen LogP contribution in [0.25, 0.3) is 0 Å². The van der Waals surface area contributed by atoms with E-state index in [0.717, 1.165) is 38.5 Å². The van der Waals surface area contributed by atoms with Crippen LogP contribution in [0.3, 0.4) is 0 Å². The van der Waals surface area contributed by atoms with Gasteiger partial charge < -0.3 is 27.9 Å². The molecule has 0 fully saturated rings. The number of esters is 1. The first-order valence-corrected chi connectivity index (χ1v) is 30.5. The zero-order valence-electron chi connectivity index (χ0n) is 45.4. The lowest BCUT2D eigenvalue weighted by Crippen LogP contribution is -2.37. The predicted molar refractivity (Wildman–Crippen MR) is 287 cm³/mol. The zero-order valence-corrected chi connectivity index (χ0v) is 46.3. The third kappa shape index (κ3) is 55.8. The molecule has 2 unspecified atom stereocenters. The first-order valence-electron chi connectivity index (χ1n) is 29.1. The van der Waals surface area contributed by atoms with Crippen molar-refractivity contribution in [3.8, 4) is 0 Å². The number of hydrogen-bond donors (Lipinski definition) is 0. The second-order valence-corrected chi connectivity index (χ2v) is 22.4. The van der Waals surface area contributed by atoms with Gasteiger partial charge in [0.15, 0.2) is 0 Å². The molecule has 0 aliphatic rings. The van der Waals surface area contributed by atoms with Gasteiger partial charge in [0.1, 0.15) is 19.3 Å². The van der Waals surface area contributed by atoms with E-state index in [1.165, 1.54) is 225 Å². The minimum atomic E-state index is -4.53. The number of ether oxygens (including phenoxy) is 2. The third-order valence-electron chi connectivity index (χ3n) is 13.0. The average Bonchev–Trinajstić information content (AvgIpc) is 3.29. The molecule has 0 radical (unpaired) electrons. The molecular weight excluding hydrogens is 854 g/mol. The van der Waals surface area contributed by atoms with Crippen LogP contribution in [0, 0.1) is 0 Å². The van der Waals surface area contributed by atoms with Crippen molar-refractivity contribution in [3.63, 3.8) is 0 Å². The summed E-state index contributed by atoms with van der Waals surface area (Å²) in [5.74, 6) is -0.332. The van der Waals surface area contributed by atoms with Crippen LogP contribution in [0.2, 0.25) is 0 Å². The molecule has 8 nitrogen and oxygen atoms in total. The average molecular weight is 969 g/mol. The van der Waals surface area contributed by atoms with Crippen molar-refractivity contribution in [2.24, 2.45) is 0 Å². The summed E-state index contributed by atoms with van der Waals surface area (Å²) in [6.07, 6.45) is 62.2. The molecule has 0 aromatic carbocycles. The van der Waals surface area contributed by atoms with Crippen LogP contribution in [0.15, 0.2) is 24.3 Å². The molecule has 0 rings (SSSR count). The molecule has 0 aliphatic carbocycles. The lowest BCUT2D eigenvalue weighted by atomic mass is 10.0. The molecule has 2 atom stereocenters. The largest absolute Gasteiger partial charge is 0.756 e. The molecule has 0 saturated heterocycles. The van der Waals surface area contributed by atoms with Gasteiger partial charge in [0.2, 0.25) is 0 Å². The molecule has 0 aliphatic heterocycles. The van der Waals surface area contributed by atoms with Crippen LogP contribution in [0.4, 0.5) is 0 Å². The van der Waals surface area contributed by atoms with E-state index in [4.69, 9.17) is 18.5 Å². The smallest absolute Gasteiger partial charge is 0.306 e. The summed E-state index contributed by atoms with van der Waals surface area (Å²) in [7, 11) is 1.37. The molecule has 398 valence electrons. The number of carbonyl (C=O) groups is 1. The van der Waals surface area contributed by atoms with E-state index in [1.807, 2.05) is 21.1 Å². The number of quaternary nitrogens is 1. The van der Waals surface area contributed by atoms with Gasteiger partial charge in [0, 0.05) is 13.0 Å². The summed E-state index contributed by atoms with van der Waals surface area (Å²) in [5, 5.41) is 0. The zero-order chi connectivity index (χ0) is 49.0. The fraction of sp³-hybridized carbons (Fsp3) is 0.914. The third-order valence-corrected chi connectivity index (χ3v) is 14.0. The van der Waals surface area contributed by atoms with Gasteiger partial charge in [-0.25, -0.2) is 0 Å². The second-order valence-electron chi connectivity index (χ2n) is 21.0. The number of carbonyl (C=O) groups excluding carboxylic acids is 1. The highest BCUT2D eigenvalue weighted by molar-refractivity contribution is 7.45. The number of rotatable bonds is 55. The van der Waals surface area contributed by atoms with Crippen molar-refractivity contribution < 1.29 is 37.3 Å². The van der Waals surface area contributed by atoms with Gasteiger partial charge in [-0.1, -0.05) is 256 Å². The maximum Gasteiger partial charge on any atom is 0.306 e. The summed E-state index contributed by atoms with van der Waals surface area (Å²) >= 11 is 0. The Morgan fingerprint density at radius 3 is 1.21 bits per heavy atom. The van der Waals surface area contributed by atoms with Crippen molar-refractivity contribution in [3.05, 3.63) is 24.3 Å². The Labute approximate surface area is 417 Å². The quantitative estimate of drug-likeness (QED) is 0.0197. The molecule has 9 heteroatoms. The van der Waals surface area contributed by atoms with Crippen LogP contribution in [-0.2, 0) is 27.9 Å². The molecule has 0 amide bonds. The fourth-order valence-corrected chi connectivity index (χ4v) is 9.25. The van der Waals surface area contributed by atoms with Crippen molar-refractivity contribution in [2.45, 2.75) is 290 Å². The normalized spacial score (nSPS) is 13.6. The van der Waals surface area contributed by atoms with Crippen LogP contribution in [0.5, 0.6) is 0 Å². The number of hydrogen-bond acceptors (Lipinski definition) is 7. The standard InChI is InChI=1S/C58H114NO7P/c1-6-8-10-12-14-16-18-20-22-24-26-28-29-30-32-34-36-38-40-42-44-46-48-50-53-63-55-57(56-65-67(61,62)64-54-52-59(3,4)5)66-58(60)51-49-47-45-43-41-39-37-35-33-31-27-25-23-21-19-17-15-13-11-9-7-2/h19,21,25,27,57H,6-18,20,22-24,26,28-56H2,1-5H3/b21-19-,27-25-. The van der Waals surface area contributed by atoms with E-state index in [2.05, 4.69) is 38.2 Å². The van der Waals surface area contributed by atoms with Gasteiger partial charge in [-0.05, 0) is 44.9 Å². The van der Waals surface area contributed by atoms with E-state index in [9.17, 15) is 14.3 Å². The maximum atomic E-state index is 12.8. The lowest BCUT2D eigenvalue weighted by Gasteiger charge is -2.28. The van der Waals surface area contributed by atoms with Gasteiger partial charge in [-0.3, -0.25) is 9.36 Å². The number of nitrogens with zero attached hydrogens (tertiary/aromatic N) is 1. The van der Waals surface area contributed by atoms with Crippen molar-refractivity contribution >= 4 is 13.8 Å². The SMILES string of the molecule is CCCCCCC/C=C\C/C=C\CCCCCCCCCCCC(=O)OC(COCCCCCCCCCCCCCCCCCCCCCCCCCC)COP(=O)([O-])OCC[N+](C)(C)C. The molecule has 67 heavy (non-hydrogen) atoms. The molecule has 0 spiro atoms. The van der Waals surface area contributed by atoms with Gasteiger partial charge in [0.25, 0.3) is 7.82 Å². The fourth-order valence-electron chi connectivity index (χ4n) is 8.52. The second kappa shape index (κ2) is 51.3. The predicted octanol–water partition coefficient (Wildman–Crippen LogP) is 17.7. The summed E-state index contributed by atoms with van der Waals surface area (Å²) in [6.45, 7) is 5.47. The Balaban J connectivity index is 4.04. The number of likely N-dealkylation sites (N-methyl/N-ethyl adjacent to an activating group) is 1. The van der Waals surface area contributed by atoms with Crippen LogP contribution >= 0.6 is 7.82 Å². The molecule has 0 aromatic rings. The topological polar surface area (TPSA) is 94.1 Å². The molecule has 0 bridgehead atoms. The van der Waals surface area contributed by atoms with Gasteiger partial charge >= 0.3 is 5.97 Å². The number of allylic oxidation sites excluding steroid dienone is 4. The molecule has 0 aromatic heterocycles. The van der Waals surface area contributed by atoms with Crippen molar-refractivity contribution in [1.82, 2.24) is 0 Å². The Morgan fingerprint density at radius 2 is 0.821 bits per heavy atom. The first kappa shape index (κ1) is 66.0. The molecule has 0 N–H and O–H groups in total. The molecular formula is C58H114NO7P. The molecule has 0 heterocycles. The first-order chi connectivity index (χ1) is 32.6. The summed E-state index contributed by atoms with van der Waals surface area (Å²) < 4.78 is 34.9. The highest BCUT2D eigenvalue weighted by atomic mass is 31.2. The summed E-state index contributed by atoms with van der Waals surface area (Å²) in [5.41, 5.74) is 0. The van der Waals surface area contributed by atoms with Crippen LogP contribution < -0.4 is 4.89 Å². The number of unbranched alkanes of at least 4 members (excludes halogenated alkanes) is 37. The highest BCUT2D eigenvalue weighted by Crippen LogP contribution is 2.38. The van der Waals surface area contributed by atoms with Crippen LogP contribution in [-0.4, -0.2) is 70.7 Å². The van der Waals surface area contributed by atoms with E-state index < -0.39 is 13.9 Å². The monoisotopic (exact) mass is 968 g/mol. The van der Waals surface area contributed by atoms with Gasteiger partial charge in [0.05, 0.1) is 34.4 Å². The Morgan fingerprint density at radius 1 is 0.463 bits per heavy atom. The minimum Gasteiger partial charge on any atom is -0.756 e. The lowest BCUT2D eigenvalue weighted by molar-refractivity contribution is -0.870. The van der Waals surface area contributed by atoms with Crippen molar-refractivity contribution in [1.29, 1.82) is 0 Å². The summed E-state index contributed by atoms with van der Waals surface area (Å²) in [6, 6.07) is 0. The van der Waals surface area contributed by atoms with Crippen LogP contribution in [0.1, 0.15) is 284 Å². The van der Waals surface area contributed by atoms with E-state index in [-0.39, 0.29) is 25.8 Å². The Bertz CT molecular complexity index is 1120. The number of phosphoric ester groups is 1. The Hall–Kier alpha value is -1.02. The highest BCUT2D eigenvalue weighted by Gasteiger charge is 2.20. The maximum absolute atomic E-state index is 12.8. The number of phosphoric acid groups is 1.